The molecule has 0 aliphatic heterocycles. The molecule has 55 heavy (non-hydrogen) atoms. The van der Waals surface area contributed by atoms with Crippen molar-refractivity contribution in [2.24, 2.45) is 5.73 Å². The number of carbonyl (C=O) groups excluding carboxylic acids is 2. The summed E-state index contributed by atoms with van der Waals surface area (Å²) in [6, 6.07) is 0. The zero-order chi connectivity index (χ0) is 40.3. The Morgan fingerprint density at radius 2 is 0.945 bits per heavy atom. The molecule has 0 amide bonds. The predicted molar refractivity (Wildman–Crippen MR) is 229 cm³/mol. The molecule has 0 rings (SSSR count). The van der Waals surface area contributed by atoms with Gasteiger partial charge in [-0.25, -0.2) is 4.57 Å². The molecule has 0 saturated carbocycles. The molecule has 0 spiro atoms. The summed E-state index contributed by atoms with van der Waals surface area (Å²) in [5.74, 6) is -0.986. The van der Waals surface area contributed by atoms with Gasteiger partial charge in [0, 0.05) is 19.4 Å². The van der Waals surface area contributed by atoms with Crippen LogP contribution in [0.4, 0.5) is 0 Å². The summed E-state index contributed by atoms with van der Waals surface area (Å²) in [5, 5.41) is 0. The minimum absolute atomic E-state index is 0.0353. The van der Waals surface area contributed by atoms with E-state index in [9.17, 15) is 19.0 Å². The second kappa shape index (κ2) is 41.1. The first-order chi connectivity index (χ1) is 26.8. The summed E-state index contributed by atoms with van der Waals surface area (Å²) in [6.07, 6.45) is 49.6. The second-order valence-electron chi connectivity index (χ2n) is 13.8. The number of unbranched alkanes of at least 4 members (excludes halogenated alkanes) is 14. The van der Waals surface area contributed by atoms with E-state index >= 15 is 0 Å². The molecule has 2 atom stereocenters. The Labute approximate surface area is 335 Å². The molecule has 0 aromatic rings. The van der Waals surface area contributed by atoms with E-state index in [1.807, 2.05) is 18.2 Å². The molecule has 0 fully saturated rings. The molecule has 0 aromatic heterocycles. The van der Waals surface area contributed by atoms with Crippen molar-refractivity contribution in [2.45, 2.75) is 174 Å². The number of phosphoric ester groups is 1. The van der Waals surface area contributed by atoms with Crippen LogP contribution in [0.25, 0.3) is 0 Å². The van der Waals surface area contributed by atoms with Gasteiger partial charge in [0.1, 0.15) is 6.61 Å². The van der Waals surface area contributed by atoms with E-state index in [1.54, 1.807) is 0 Å². The molecule has 0 aliphatic rings. The van der Waals surface area contributed by atoms with E-state index in [0.29, 0.717) is 12.8 Å². The number of nitrogens with two attached hydrogens (primary N) is 1. The second-order valence-corrected chi connectivity index (χ2v) is 15.3. The molecular weight excluding hydrogens is 713 g/mol. The van der Waals surface area contributed by atoms with Crippen molar-refractivity contribution < 1.29 is 37.6 Å². The summed E-state index contributed by atoms with van der Waals surface area (Å²) >= 11 is 0. The van der Waals surface area contributed by atoms with Crippen molar-refractivity contribution in [3.05, 3.63) is 72.9 Å². The lowest BCUT2D eigenvalue weighted by molar-refractivity contribution is -0.161. The Bertz CT molecular complexity index is 1130. The number of hydrogen-bond donors (Lipinski definition) is 2. The zero-order valence-corrected chi connectivity index (χ0v) is 35.5. The molecule has 0 aromatic carbocycles. The van der Waals surface area contributed by atoms with Crippen LogP contribution in [0.1, 0.15) is 168 Å². The molecule has 0 saturated heterocycles. The van der Waals surface area contributed by atoms with Crippen molar-refractivity contribution in [2.75, 3.05) is 26.4 Å². The molecular formula is C45H78NO8P. The first-order valence-corrected chi connectivity index (χ1v) is 22.9. The Morgan fingerprint density at radius 3 is 1.47 bits per heavy atom. The zero-order valence-electron chi connectivity index (χ0n) is 34.6. The molecule has 0 bridgehead atoms. The van der Waals surface area contributed by atoms with E-state index in [4.69, 9.17) is 24.3 Å². The summed E-state index contributed by atoms with van der Waals surface area (Å²) in [6.45, 7) is 3.56. The quantitative estimate of drug-likeness (QED) is 0.0270. The lowest BCUT2D eigenvalue weighted by atomic mass is 10.1. The number of rotatable bonds is 39. The van der Waals surface area contributed by atoms with Crippen LogP contribution in [0.5, 0.6) is 0 Å². The Hall–Kier alpha value is -2.55. The molecule has 316 valence electrons. The van der Waals surface area contributed by atoms with Crippen LogP contribution in [-0.4, -0.2) is 49.3 Å². The highest BCUT2D eigenvalue weighted by atomic mass is 31.2. The number of allylic oxidation sites excluding steroid dienone is 12. The van der Waals surface area contributed by atoms with Crippen LogP contribution in [0.3, 0.4) is 0 Å². The van der Waals surface area contributed by atoms with Gasteiger partial charge in [-0.2, -0.15) is 0 Å². The van der Waals surface area contributed by atoms with E-state index in [1.165, 1.54) is 89.9 Å². The maximum Gasteiger partial charge on any atom is 0.472 e. The number of hydrogen-bond acceptors (Lipinski definition) is 8. The van der Waals surface area contributed by atoms with Crippen molar-refractivity contribution in [1.82, 2.24) is 0 Å². The van der Waals surface area contributed by atoms with Gasteiger partial charge in [-0.1, -0.05) is 164 Å². The van der Waals surface area contributed by atoms with E-state index < -0.39 is 32.5 Å². The third kappa shape index (κ3) is 40.9. The smallest absolute Gasteiger partial charge is 0.462 e. The van der Waals surface area contributed by atoms with Gasteiger partial charge >= 0.3 is 19.8 Å². The summed E-state index contributed by atoms with van der Waals surface area (Å²) < 4.78 is 32.6. The van der Waals surface area contributed by atoms with Gasteiger partial charge in [-0.15, -0.1) is 0 Å². The normalized spacial score (nSPS) is 14.0. The highest BCUT2D eigenvalue weighted by molar-refractivity contribution is 7.47. The molecule has 0 heterocycles. The monoisotopic (exact) mass is 792 g/mol. The van der Waals surface area contributed by atoms with Crippen molar-refractivity contribution in [3.63, 3.8) is 0 Å². The van der Waals surface area contributed by atoms with Gasteiger partial charge in [0.05, 0.1) is 13.2 Å². The van der Waals surface area contributed by atoms with Gasteiger partial charge in [-0.3, -0.25) is 18.6 Å². The van der Waals surface area contributed by atoms with Crippen LogP contribution < -0.4 is 5.73 Å². The molecule has 0 radical (unpaired) electrons. The first-order valence-electron chi connectivity index (χ1n) is 21.4. The van der Waals surface area contributed by atoms with Crippen LogP contribution in [0.15, 0.2) is 72.9 Å². The number of phosphoric acid groups is 1. The van der Waals surface area contributed by atoms with Crippen LogP contribution in [0, 0.1) is 0 Å². The van der Waals surface area contributed by atoms with E-state index in [-0.39, 0.29) is 32.6 Å². The number of esters is 2. The maximum absolute atomic E-state index is 12.5. The Morgan fingerprint density at radius 1 is 0.545 bits per heavy atom. The number of ether oxygens (including phenoxy) is 2. The number of carbonyl (C=O) groups is 2. The van der Waals surface area contributed by atoms with E-state index in [2.05, 4.69) is 68.5 Å². The molecule has 1 unspecified atom stereocenters. The highest BCUT2D eigenvalue weighted by Crippen LogP contribution is 2.43. The average Bonchev–Trinajstić information content (AvgIpc) is 3.17. The Balaban J connectivity index is 4.35. The van der Waals surface area contributed by atoms with Gasteiger partial charge in [0.15, 0.2) is 6.10 Å². The largest absolute Gasteiger partial charge is 0.472 e. The maximum atomic E-state index is 12.5. The topological polar surface area (TPSA) is 134 Å². The van der Waals surface area contributed by atoms with Crippen LogP contribution in [-0.2, 0) is 32.7 Å². The average molecular weight is 792 g/mol. The lowest BCUT2D eigenvalue weighted by Gasteiger charge is -2.19. The first kappa shape index (κ1) is 52.5. The van der Waals surface area contributed by atoms with Gasteiger partial charge in [0.25, 0.3) is 0 Å². The SMILES string of the molecule is CCCCC/C=C/C/C=C/C/C=C/C/C=C/C/C=C/CCC(=O)O[C@H](COC(=O)CC/C=C/CCCCCCCCCCCCC)COP(=O)(O)OCCN. The third-order valence-corrected chi connectivity index (χ3v) is 9.58. The lowest BCUT2D eigenvalue weighted by Crippen LogP contribution is -2.29. The van der Waals surface area contributed by atoms with Crippen molar-refractivity contribution >= 4 is 19.8 Å². The molecule has 0 aliphatic carbocycles. The van der Waals surface area contributed by atoms with E-state index in [0.717, 1.165) is 38.5 Å². The fourth-order valence-corrected chi connectivity index (χ4v) is 6.16. The minimum Gasteiger partial charge on any atom is -0.462 e. The fourth-order valence-electron chi connectivity index (χ4n) is 5.40. The van der Waals surface area contributed by atoms with Crippen molar-refractivity contribution in [3.8, 4) is 0 Å². The molecule has 3 N–H and O–H groups in total. The predicted octanol–water partition coefficient (Wildman–Crippen LogP) is 12.3. The minimum atomic E-state index is -4.41. The summed E-state index contributed by atoms with van der Waals surface area (Å²) in [5.41, 5.74) is 5.34. The van der Waals surface area contributed by atoms with Gasteiger partial charge in [-0.05, 0) is 64.2 Å². The summed E-state index contributed by atoms with van der Waals surface area (Å²) in [4.78, 5) is 34.8. The molecule has 10 heteroatoms. The standard InChI is InChI=1S/C45H78NO8P/c1-3-5-7-9-11-13-15-17-19-20-21-22-24-26-28-30-32-34-36-38-45(48)54-43(42-53-55(49,50)52-40-39-46)41-51-44(47)37-35-33-31-29-27-25-23-18-16-14-12-10-8-6-4-2/h11,13,17,19,21-22,26,28,31-34,43H,3-10,12,14-16,18,20,23-25,27,29-30,35-42,46H2,1-2H3,(H,49,50)/b13-11+,19-17+,22-21+,28-26+,33-31+,34-32+/t43-/m1/s1. The molecule has 9 nitrogen and oxygen atoms in total. The van der Waals surface area contributed by atoms with Crippen molar-refractivity contribution in [1.29, 1.82) is 0 Å². The van der Waals surface area contributed by atoms with Gasteiger partial charge in [0.2, 0.25) is 0 Å². The van der Waals surface area contributed by atoms with Crippen LogP contribution in [0.2, 0.25) is 0 Å². The highest BCUT2D eigenvalue weighted by Gasteiger charge is 2.25. The third-order valence-electron chi connectivity index (χ3n) is 8.59. The van der Waals surface area contributed by atoms with Crippen LogP contribution >= 0.6 is 7.82 Å². The van der Waals surface area contributed by atoms with Gasteiger partial charge < -0.3 is 20.1 Å². The Kier molecular flexibility index (Phi) is 39.2. The fraction of sp³-hybridized carbons (Fsp3) is 0.689. The summed E-state index contributed by atoms with van der Waals surface area (Å²) in [7, 11) is -4.41.